The van der Waals surface area contributed by atoms with E-state index in [1.54, 1.807) is 35.8 Å². The fourth-order valence-corrected chi connectivity index (χ4v) is 3.71. The van der Waals surface area contributed by atoms with Crippen LogP contribution in [0.25, 0.3) is 10.9 Å². The summed E-state index contributed by atoms with van der Waals surface area (Å²) in [5, 5.41) is 12.4. The van der Waals surface area contributed by atoms with E-state index in [2.05, 4.69) is 5.32 Å². The molecule has 2 aromatic carbocycles. The van der Waals surface area contributed by atoms with Crippen molar-refractivity contribution in [3.63, 3.8) is 0 Å². The predicted molar refractivity (Wildman–Crippen MR) is 118 cm³/mol. The molecule has 7 nitrogen and oxygen atoms in total. The Balaban J connectivity index is 2.08. The van der Waals surface area contributed by atoms with Crippen LogP contribution in [-0.2, 0) is 16.0 Å². The number of methoxy groups -OCH3 is 1. The molecule has 3 aromatic rings. The van der Waals surface area contributed by atoms with E-state index in [-0.39, 0.29) is 31.2 Å². The summed E-state index contributed by atoms with van der Waals surface area (Å²) in [6, 6.07) is 10.6. The highest BCUT2D eigenvalue weighted by Gasteiger charge is 2.23. The van der Waals surface area contributed by atoms with Gasteiger partial charge in [0.1, 0.15) is 5.75 Å². The Morgan fingerprint density at radius 1 is 1.13 bits per heavy atom. The van der Waals surface area contributed by atoms with E-state index < -0.39 is 5.97 Å². The maximum Gasteiger partial charge on any atom is 0.305 e. The highest BCUT2D eigenvalue weighted by atomic mass is 35.5. The van der Waals surface area contributed by atoms with Crippen LogP contribution in [0.1, 0.15) is 33.6 Å². The standard InChI is InChI=1S/C23H23ClN2O5/c1-13-4-6-15(7-5-13)23(30)26-14(2)16(11-21(27)25-9-8-22(28)29)17-10-20(31-3)18(24)12-19(17)26/h4-7,10,12H,8-9,11H2,1-3H3,(H,25,27)(H,28,29). The minimum atomic E-state index is -0.990. The highest BCUT2D eigenvalue weighted by Crippen LogP contribution is 2.35. The second-order valence-electron chi connectivity index (χ2n) is 7.24. The van der Waals surface area contributed by atoms with E-state index in [4.69, 9.17) is 21.4 Å². The molecule has 0 unspecified atom stereocenters. The van der Waals surface area contributed by atoms with Gasteiger partial charge in [0.2, 0.25) is 5.91 Å². The zero-order valence-electron chi connectivity index (χ0n) is 17.5. The molecule has 1 heterocycles. The van der Waals surface area contributed by atoms with Gasteiger partial charge in [-0.3, -0.25) is 19.0 Å². The third-order valence-corrected chi connectivity index (χ3v) is 5.40. The molecule has 0 spiro atoms. The summed E-state index contributed by atoms with van der Waals surface area (Å²) >= 11 is 6.33. The Morgan fingerprint density at radius 3 is 2.42 bits per heavy atom. The van der Waals surface area contributed by atoms with Crippen LogP contribution in [0.2, 0.25) is 5.02 Å². The Labute approximate surface area is 184 Å². The summed E-state index contributed by atoms with van der Waals surface area (Å²) in [6.07, 6.45) is -0.178. The van der Waals surface area contributed by atoms with Crippen molar-refractivity contribution in [2.24, 2.45) is 0 Å². The molecule has 162 valence electrons. The maximum atomic E-state index is 13.3. The lowest BCUT2D eigenvalue weighted by atomic mass is 10.1. The monoisotopic (exact) mass is 442 g/mol. The van der Waals surface area contributed by atoms with Gasteiger partial charge in [0.15, 0.2) is 0 Å². The summed E-state index contributed by atoms with van der Waals surface area (Å²) in [7, 11) is 1.49. The number of ether oxygens (including phenoxy) is 1. The summed E-state index contributed by atoms with van der Waals surface area (Å²) in [5.74, 6) is -1.13. The van der Waals surface area contributed by atoms with Crippen LogP contribution in [0.15, 0.2) is 36.4 Å². The Hall–Kier alpha value is -3.32. The number of nitrogens with zero attached hydrogens (tertiary/aromatic N) is 1. The van der Waals surface area contributed by atoms with Gasteiger partial charge in [0, 0.05) is 23.2 Å². The number of rotatable bonds is 7. The number of nitrogens with one attached hydrogen (secondary N) is 1. The normalized spacial score (nSPS) is 10.8. The van der Waals surface area contributed by atoms with E-state index in [9.17, 15) is 14.4 Å². The molecule has 0 atom stereocenters. The van der Waals surface area contributed by atoms with Crippen molar-refractivity contribution in [1.29, 1.82) is 0 Å². The van der Waals surface area contributed by atoms with Crippen LogP contribution in [0.4, 0.5) is 0 Å². The second kappa shape index (κ2) is 9.22. The maximum absolute atomic E-state index is 13.3. The zero-order valence-corrected chi connectivity index (χ0v) is 18.2. The van der Waals surface area contributed by atoms with Crippen LogP contribution in [-0.4, -0.2) is 41.1 Å². The van der Waals surface area contributed by atoms with Crippen LogP contribution >= 0.6 is 11.6 Å². The van der Waals surface area contributed by atoms with Gasteiger partial charge in [0.25, 0.3) is 5.91 Å². The molecular formula is C23H23ClN2O5. The fourth-order valence-electron chi connectivity index (χ4n) is 3.48. The molecular weight excluding hydrogens is 420 g/mol. The van der Waals surface area contributed by atoms with Crippen molar-refractivity contribution < 1.29 is 24.2 Å². The van der Waals surface area contributed by atoms with Crippen LogP contribution < -0.4 is 10.1 Å². The number of carboxylic acids is 1. The Kier molecular flexibility index (Phi) is 6.65. The van der Waals surface area contributed by atoms with Crippen molar-refractivity contribution in [1.82, 2.24) is 9.88 Å². The number of hydrogen-bond acceptors (Lipinski definition) is 4. The number of halogens is 1. The Bertz CT molecular complexity index is 1170. The molecule has 3 rings (SSSR count). The average Bonchev–Trinajstić information content (AvgIpc) is 2.97. The molecule has 0 radical (unpaired) electrons. The number of hydrogen-bond donors (Lipinski definition) is 2. The lowest BCUT2D eigenvalue weighted by Crippen LogP contribution is -2.27. The predicted octanol–water partition coefficient (Wildman–Crippen LogP) is 3.74. The number of carboxylic acid groups (broad SMARTS) is 1. The third kappa shape index (κ3) is 4.72. The number of amides is 1. The van der Waals surface area contributed by atoms with Gasteiger partial charge in [-0.1, -0.05) is 29.3 Å². The van der Waals surface area contributed by atoms with Crippen molar-refractivity contribution >= 4 is 40.3 Å². The lowest BCUT2D eigenvalue weighted by molar-refractivity contribution is -0.136. The Morgan fingerprint density at radius 2 is 1.81 bits per heavy atom. The summed E-state index contributed by atoms with van der Waals surface area (Å²) in [5.41, 5.74) is 3.38. The van der Waals surface area contributed by atoms with Crippen LogP contribution in [0, 0.1) is 13.8 Å². The van der Waals surface area contributed by atoms with E-state index in [0.717, 1.165) is 5.56 Å². The summed E-state index contributed by atoms with van der Waals surface area (Å²) in [4.78, 5) is 36.5. The van der Waals surface area contributed by atoms with Gasteiger partial charge in [0.05, 0.1) is 30.5 Å². The number of aliphatic carboxylic acids is 1. The van der Waals surface area contributed by atoms with Crippen molar-refractivity contribution in [2.75, 3.05) is 13.7 Å². The van der Waals surface area contributed by atoms with Gasteiger partial charge >= 0.3 is 5.97 Å². The van der Waals surface area contributed by atoms with E-state index in [1.165, 1.54) is 7.11 Å². The minimum Gasteiger partial charge on any atom is -0.495 e. The SMILES string of the molecule is COc1cc2c(CC(=O)NCCC(=O)O)c(C)n(C(=O)c3ccc(C)cc3)c2cc1Cl. The van der Waals surface area contributed by atoms with Gasteiger partial charge in [-0.25, -0.2) is 0 Å². The highest BCUT2D eigenvalue weighted by molar-refractivity contribution is 6.33. The fraction of sp³-hybridized carbons (Fsp3) is 0.261. The molecule has 31 heavy (non-hydrogen) atoms. The van der Waals surface area contributed by atoms with Gasteiger partial charge in [-0.15, -0.1) is 0 Å². The first-order valence-electron chi connectivity index (χ1n) is 9.70. The molecule has 0 aliphatic carbocycles. The summed E-state index contributed by atoms with van der Waals surface area (Å²) < 4.78 is 6.87. The number of fused-ring (bicyclic) bond motifs is 1. The summed E-state index contributed by atoms with van der Waals surface area (Å²) in [6.45, 7) is 3.74. The van der Waals surface area contributed by atoms with Crippen molar-refractivity contribution in [3.8, 4) is 5.75 Å². The molecule has 0 saturated heterocycles. The molecule has 1 amide bonds. The number of aryl methyl sites for hydroxylation is 1. The zero-order chi connectivity index (χ0) is 22.7. The first-order chi connectivity index (χ1) is 14.7. The molecule has 0 fully saturated rings. The molecule has 0 aliphatic heterocycles. The van der Waals surface area contributed by atoms with Crippen molar-refractivity contribution in [3.05, 3.63) is 63.8 Å². The van der Waals surface area contributed by atoms with Gasteiger partial charge < -0.3 is 15.2 Å². The molecule has 1 aromatic heterocycles. The number of carbonyl (C=O) groups is 3. The van der Waals surface area contributed by atoms with E-state index in [0.29, 0.717) is 38.5 Å². The number of benzene rings is 2. The first-order valence-corrected chi connectivity index (χ1v) is 10.1. The van der Waals surface area contributed by atoms with Crippen LogP contribution in [0.3, 0.4) is 0 Å². The third-order valence-electron chi connectivity index (χ3n) is 5.11. The quantitative estimate of drug-likeness (QED) is 0.580. The molecule has 0 saturated carbocycles. The average molecular weight is 443 g/mol. The topological polar surface area (TPSA) is 97.6 Å². The number of aromatic nitrogens is 1. The van der Waals surface area contributed by atoms with Crippen molar-refractivity contribution in [2.45, 2.75) is 26.7 Å². The van der Waals surface area contributed by atoms with E-state index >= 15 is 0 Å². The molecule has 8 heteroatoms. The lowest BCUT2D eigenvalue weighted by Gasteiger charge is -2.09. The minimum absolute atomic E-state index is 0.0130. The smallest absolute Gasteiger partial charge is 0.305 e. The number of carbonyl (C=O) groups excluding carboxylic acids is 2. The first kappa shape index (κ1) is 22.4. The van der Waals surface area contributed by atoms with Crippen LogP contribution in [0.5, 0.6) is 5.75 Å². The second-order valence-corrected chi connectivity index (χ2v) is 7.65. The van der Waals surface area contributed by atoms with Gasteiger partial charge in [-0.2, -0.15) is 0 Å². The largest absolute Gasteiger partial charge is 0.495 e. The molecule has 2 N–H and O–H groups in total. The van der Waals surface area contributed by atoms with Gasteiger partial charge in [-0.05, 0) is 43.7 Å². The molecule has 0 bridgehead atoms. The molecule has 0 aliphatic rings. The van der Waals surface area contributed by atoms with E-state index in [1.807, 2.05) is 19.1 Å².